The maximum Gasteiger partial charge on any atom is 0.307 e. The molecule has 1 unspecified atom stereocenters. The van der Waals surface area contributed by atoms with E-state index in [0.717, 1.165) is 29.7 Å². The molecule has 1 spiro atoms. The van der Waals surface area contributed by atoms with Crippen LogP contribution in [0.4, 0.5) is 0 Å². The Labute approximate surface area is 136 Å². The van der Waals surface area contributed by atoms with Gasteiger partial charge in [0, 0.05) is 12.8 Å². The predicted molar refractivity (Wildman–Crippen MR) is 86.9 cm³/mol. The van der Waals surface area contributed by atoms with Crippen LogP contribution in [0.25, 0.3) is 11.1 Å². The Morgan fingerprint density at radius 2 is 1.91 bits per heavy atom. The summed E-state index contributed by atoms with van der Waals surface area (Å²) in [6.07, 6.45) is 8.70. The lowest BCUT2D eigenvalue weighted by molar-refractivity contribution is -0.567. The number of aliphatic carboxylic acids is 1. The van der Waals surface area contributed by atoms with Crippen LogP contribution in [0.2, 0.25) is 0 Å². The molecule has 4 aliphatic rings. The van der Waals surface area contributed by atoms with Crippen molar-refractivity contribution in [2.24, 2.45) is 5.41 Å². The summed E-state index contributed by atoms with van der Waals surface area (Å²) in [4.78, 5) is 10.8. The van der Waals surface area contributed by atoms with Gasteiger partial charge in [0.05, 0.1) is 12.0 Å². The Hall–Kier alpha value is -1.97. The normalized spacial score (nSPS) is 25.4. The largest absolute Gasteiger partial charge is 0.500 e. The first-order valence-corrected chi connectivity index (χ1v) is 8.60. The van der Waals surface area contributed by atoms with E-state index in [1.165, 1.54) is 42.4 Å². The molecule has 5 rings (SSSR count). The topological polar surface area (TPSA) is 62.6 Å². The van der Waals surface area contributed by atoms with Gasteiger partial charge in [0.25, 0.3) is 0 Å². The summed E-state index contributed by atoms with van der Waals surface area (Å²) in [6, 6.07) is 7.92. The first-order chi connectivity index (χ1) is 11.1. The fourth-order valence-corrected chi connectivity index (χ4v) is 4.78. The molecule has 120 valence electrons. The van der Waals surface area contributed by atoms with Gasteiger partial charge in [-0.1, -0.05) is 43.5 Å². The molecule has 4 heteroatoms. The minimum Gasteiger partial charge on any atom is -0.500 e. The van der Waals surface area contributed by atoms with E-state index in [-0.39, 0.29) is 12.5 Å². The minimum atomic E-state index is -0.805. The Bertz CT molecular complexity index is 697. The lowest BCUT2D eigenvalue weighted by Crippen LogP contribution is -2.48. The van der Waals surface area contributed by atoms with Crippen molar-refractivity contribution in [2.45, 2.75) is 57.4 Å². The standard InChI is InChI=1S/C19H22N2O2/c20-21-15-11-19(8-2-1-3-9-19)12-16(21)18(15)14-6-4-13(5-7-14)10-17(22)23/h4-7,15H,1-3,8-12H2,(H,22,23). The number of benzene rings is 1. The second kappa shape index (κ2) is 5.29. The smallest absolute Gasteiger partial charge is 0.307 e. The third-order valence-corrected chi connectivity index (χ3v) is 5.92. The van der Waals surface area contributed by atoms with Crippen molar-refractivity contribution in [2.75, 3.05) is 0 Å². The Morgan fingerprint density at radius 1 is 1.22 bits per heavy atom. The van der Waals surface area contributed by atoms with E-state index in [2.05, 4.69) is 0 Å². The summed E-state index contributed by atoms with van der Waals surface area (Å²) in [5.74, 6) is -0.805. The van der Waals surface area contributed by atoms with Gasteiger partial charge < -0.3 is 10.6 Å². The van der Waals surface area contributed by atoms with Crippen molar-refractivity contribution >= 4 is 11.5 Å². The van der Waals surface area contributed by atoms with Crippen LogP contribution in [0.3, 0.4) is 0 Å². The Kier molecular flexibility index (Phi) is 3.36. The zero-order chi connectivity index (χ0) is 16.0. The second-order valence-corrected chi connectivity index (χ2v) is 7.43. The fraction of sp³-hybridized carbons (Fsp3) is 0.526. The highest BCUT2D eigenvalue weighted by molar-refractivity contribution is 5.76. The molecular formula is C19H22N2O2. The zero-order valence-corrected chi connectivity index (χ0v) is 13.3. The maximum atomic E-state index is 10.8. The van der Waals surface area contributed by atoms with Crippen molar-refractivity contribution in [3.05, 3.63) is 46.6 Å². The van der Waals surface area contributed by atoms with Crippen molar-refractivity contribution in [3.63, 3.8) is 0 Å². The molecule has 1 saturated carbocycles. The van der Waals surface area contributed by atoms with Crippen LogP contribution in [0.15, 0.2) is 30.0 Å². The van der Waals surface area contributed by atoms with Gasteiger partial charge in [0.15, 0.2) is 11.7 Å². The zero-order valence-electron chi connectivity index (χ0n) is 13.3. The Balaban J connectivity index is 1.60. The molecule has 0 aromatic heterocycles. The lowest BCUT2D eigenvalue weighted by atomic mass is 9.60. The minimum absolute atomic E-state index is 0.0604. The fourth-order valence-electron chi connectivity index (χ4n) is 4.78. The average Bonchev–Trinajstić information content (AvgIpc) is 2.55. The van der Waals surface area contributed by atoms with Gasteiger partial charge in [-0.05, 0) is 29.4 Å². The van der Waals surface area contributed by atoms with Gasteiger partial charge in [-0.2, -0.15) is 0 Å². The van der Waals surface area contributed by atoms with Crippen molar-refractivity contribution < 1.29 is 14.6 Å². The molecule has 0 radical (unpaired) electrons. The van der Waals surface area contributed by atoms with E-state index < -0.39 is 5.97 Å². The van der Waals surface area contributed by atoms with Crippen molar-refractivity contribution in [3.8, 4) is 0 Å². The molecule has 2 aliphatic carbocycles. The third kappa shape index (κ3) is 2.41. The van der Waals surface area contributed by atoms with Gasteiger partial charge >= 0.3 is 5.97 Å². The molecule has 1 N–H and O–H groups in total. The molecule has 23 heavy (non-hydrogen) atoms. The number of piperidine rings is 1. The number of allylic oxidation sites excluding steroid dienone is 1. The van der Waals surface area contributed by atoms with Crippen molar-refractivity contribution in [1.29, 1.82) is 0 Å². The summed E-state index contributed by atoms with van der Waals surface area (Å²) in [7, 11) is 0. The SMILES string of the molecule is [N-]=[N+]1C2=C(c3ccc(CC(=O)O)cc3)C1CC1(CCCCC1)C2. The summed E-state index contributed by atoms with van der Waals surface area (Å²) >= 11 is 0. The molecule has 2 bridgehead atoms. The number of rotatable bonds is 3. The van der Waals surface area contributed by atoms with Gasteiger partial charge in [-0.15, -0.1) is 0 Å². The molecule has 2 aliphatic heterocycles. The van der Waals surface area contributed by atoms with E-state index in [1.54, 1.807) is 0 Å². The molecule has 2 fully saturated rings. The molecular weight excluding hydrogens is 288 g/mol. The van der Waals surface area contributed by atoms with Crippen LogP contribution >= 0.6 is 0 Å². The molecule has 1 saturated heterocycles. The molecule has 0 amide bonds. The number of carboxylic acid groups (broad SMARTS) is 1. The highest BCUT2D eigenvalue weighted by Crippen LogP contribution is 2.57. The van der Waals surface area contributed by atoms with Crippen LogP contribution in [-0.4, -0.2) is 21.8 Å². The van der Waals surface area contributed by atoms with Crippen LogP contribution in [0, 0.1) is 5.41 Å². The van der Waals surface area contributed by atoms with Gasteiger partial charge in [0.1, 0.15) is 0 Å². The molecule has 1 atom stereocenters. The quantitative estimate of drug-likeness (QED) is 0.851. The third-order valence-electron chi connectivity index (χ3n) is 5.92. The number of hydrogen-bond acceptors (Lipinski definition) is 1. The summed E-state index contributed by atoms with van der Waals surface area (Å²) in [6.45, 7) is 0. The number of hydrogen-bond donors (Lipinski definition) is 1. The van der Waals surface area contributed by atoms with Gasteiger partial charge in [0.2, 0.25) is 0 Å². The molecule has 2 heterocycles. The first kappa shape index (κ1) is 14.6. The maximum absolute atomic E-state index is 10.8. The van der Waals surface area contributed by atoms with E-state index in [9.17, 15) is 10.3 Å². The predicted octanol–water partition coefficient (Wildman–Crippen LogP) is 4.19. The number of carboxylic acids is 1. The molecule has 1 aromatic rings. The van der Waals surface area contributed by atoms with E-state index in [1.807, 2.05) is 24.3 Å². The Morgan fingerprint density at radius 3 is 2.48 bits per heavy atom. The van der Waals surface area contributed by atoms with E-state index >= 15 is 0 Å². The monoisotopic (exact) mass is 310 g/mol. The van der Waals surface area contributed by atoms with E-state index in [0.29, 0.717) is 5.41 Å². The number of carbonyl (C=O) groups is 1. The average molecular weight is 310 g/mol. The van der Waals surface area contributed by atoms with E-state index in [4.69, 9.17) is 5.11 Å². The van der Waals surface area contributed by atoms with Crippen LogP contribution in [0.5, 0.6) is 0 Å². The van der Waals surface area contributed by atoms with Gasteiger partial charge in [-0.25, -0.2) is 0 Å². The number of nitrogens with zero attached hydrogens (tertiary/aromatic N) is 2. The van der Waals surface area contributed by atoms with Crippen LogP contribution in [-0.2, 0) is 11.2 Å². The van der Waals surface area contributed by atoms with Crippen LogP contribution in [0.1, 0.15) is 56.1 Å². The van der Waals surface area contributed by atoms with Crippen LogP contribution < -0.4 is 0 Å². The first-order valence-electron chi connectivity index (χ1n) is 8.60. The second-order valence-electron chi connectivity index (χ2n) is 7.43. The molecule has 1 aromatic carbocycles. The summed E-state index contributed by atoms with van der Waals surface area (Å²) in [5.41, 5.74) is 15.0. The summed E-state index contributed by atoms with van der Waals surface area (Å²) < 4.78 is 1.47. The van der Waals surface area contributed by atoms with Gasteiger partial charge in [-0.3, -0.25) is 9.49 Å². The highest BCUT2D eigenvalue weighted by atomic mass is 16.4. The van der Waals surface area contributed by atoms with Crippen molar-refractivity contribution in [1.82, 2.24) is 0 Å². The lowest BCUT2D eigenvalue weighted by Gasteiger charge is -2.49. The summed E-state index contributed by atoms with van der Waals surface area (Å²) in [5, 5.41) is 8.86. The molecule has 4 nitrogen and oxygen atoms in total. The highest BCUT2D eigenvalue weighted by Gasteiger charge is 2.54.